The minimum absolute atomic E-state index is 0.219. The van der Waals surface area contributed by atoms with Crippen LogP contribution in [0, 0.1) is 5.82 Å². The molecule has 0 spiro atoms. The third kappa shape index (κ3) is 2.64. The van der Waals surface area contributed by atoms with Crippen molar-refractivity contribution in [2.75, 3.05) is 17.2 Å². The highest BCUT2D eigenvalue weighted by molar-refractivity contribution is 6.04. The average molecular weight is 270 g/mol. The number of hydrogen-bond donors (Lipinski definition) is 2. The van der Waals surface area contributed by atoms with Crippen molar-refractivity contribution in [1.29, 1.82) is 0 Å². The number of anilines is 2. The zero-order chi connectivity index (χ0) is 13.9. The van der Waals surface area contributed by atoms with Gasteiger partial charge in [-0.15, -0.1) is 0 Å². The molecule has 0 bridgehead atoms. The summed E-state index contributed by atoms with van der Waals surface area (Å²) in [5.41, 5.74) is 3.31. The third-order valence-electron chi connectivity index (χ3n) is 3.39. The van der Waals surface area contributed by atoms with Crippen molar-refractivity contribution >= 4 is 17.3 Å². The van der Waals surface area contributed by atoms with Gasteiger partial charge in [0.25, 0.3) is 5.91 Å². The molecule has 1 amide bonds. The predicted molar refractivity (Wildman–Crippen MR) is 77.6 cm³/mol. The lowest BCUT2D eigenvalue weighted by Crippen LogP contribution is -2.15. The molecule has 4 heteroatoms. The molecular weight excluding hydrogens is 255 g/mol. The molecule has 2 aromatic rings. The minimum Gasteiger partial charge on any atom is -0.385 e. The van der Waals surface area contributed by atoms with E-state index in [1.165, 1.54) is 12.1 Å². The molecular formula is C16H15FN2O. The smallest absolute Gasteiger partial charge is 0.255 e. The van der Waals surface area contributed by atoms with Gasteiger partial charge in [-0.3, -0.25) is 4.79 Å². The van der Waals surface area contributed by atoms with Crippen molar-refractivity contribution in [3.8, 4) is 0 Å². The van der Waals surface area contributed by atoms with E-state index in [9.17, 15) is 9.18 Å². The van der Waals surface area contributed by atoms with Gasteiger partial charge in [-0.05, 0) is 54.8 Å². The third-order valence-corrected chi connectivity index (χ3v) is 3.39. The fourth-order valence-corrected chi connectivity index (χ4v) is 2.39. The van der Waals surface area contributed by atoms with E-state index in [2.05, 4.69) is 10.6 Å². The Morgan fingerprint density at radius 3 is 2.95 bits per heavy atom. The zero-order valence-electron chi connectivity index (χ0n) is 10.9. The van der Waals surface area contributed by atoms with Gasteiger partial charge in [0.15, 0.2) is 0 Å². The van der Waals surface area contributed by atoms with Gasteiger partial charge < -0.3 is 10.6 Å². The summed E-state index contributed by atoms with van der Waals surface area (Å²) in [5.74, 6) is -0.582. The largest absolute Gasteiger partial charge is 0.385 e. The SMILES string of the molecule is O=C(Nc1cccc(F)c1)c1ccc2c(c1)CCCN2. The monoisotopic (exact) mass is 270 g/mol. The second-order valence-electron chi connectivity index (χ2n) is 4.87. The highest BCUT2D eigenvalue weighted by atomic mass is 19.1. The first-order chi connectivity index (χ1) is 9.72. The van der Waals surface area contributed by atoms with Gasteiger partial charge in [0.1, 0.15) is 5.82 Å². The van der Waals surface area contributed by atoms with Crippen molar-refractivity contribution in [3.63, 3.8) is 0 Å². The Bertz CT molecular complexity index is 655. The van der Waals surface area contributed by atoms with E-state index in [-0.39, 0.29) is 11.7 Å². The molecule has 0 unspecified atom stereocenters. The van der Waals surface area contributed by atoms with E-state index in [0.29, 0.717) is 11.3 Å². The predicted octanol–water partition coefficient (Wildman–Crippen LogP) is 3.44. The summed E-state index contributed by atoms with van der Waals surface area (Å²) in [6.07, 6.45) is 2.05. The molecule has 0 saturated carbocycles. The van der Waals surface area contributed by atoms with Crippen molar-refractivity contribution < 1.29 is 9.18 Å². The number of halogens is 1. The van der Waals surface area contributed by atoms with Crippen LogP contribution in [0.1, 0.15) is 22.3 Å². The maximum Gasteiger partial charge on any atom is 0.255 e. The van der Waals surface area contributed by atoms with Gasteiger partial charge in [-0.25, -0.2) is 4.39 Å². The highest BCUT2D eigenvalue weighted by Crippen LogP contribution is 2.23. The molecule has 1 aliphatic heterocycles. The van der Waals surface area contributed by atoms with Crippen molar-refractivity contribution in [2.45, 2.75) is 12.8 Å². The van der Waals surface area contributed by atoms with Crippen molar-refractivity contribution in [2.24, 2.45) is 0 Å². The summed E-state index contributed by atoms with van der Waals surface area (Å²) in [6, 6.07) is 11.5. The number of rotatable bonds is 2. The molecule has 2 N–H and O–H groups in total. The Morgan fingerprint density at radius 1 is 1.20 bits per heavy atom. The summed E-state index contributed by atoms with van der Waals surface area (Å²) in [5, 5.41) is 6.01. The lowest BCUT2D eigenvalue weighted by Gasteiger charge is -2.18. The molecule has 0 aliphatic carbocycles. The van der Waals surface area contributed by atoms with E-state index in [1.807, 2.05) is 12.1 Å². The molecule has 0 atom stereocenters. The first-order valence-corrected chi connectivity index (χ1v) is 6.66. The van der Waals surface area contributed by atoms with E-state index >= 15 is 0 Å². The summed E-state index contributed by atoms with van der Waals surface area (Å²) in [6.45, 7) is 0.974. The zero-order valence-corrected chi connectivity index (χ0v) is 10.9. The number of benzene rings is 2. The van der Waals surface area contributed by atoms with Crippen molar-refractivity contribution in [1.82, 2.24) is 0 Å². The van der Waals surface area contributed by atoms with E-state index < -0.39 is 0 Å². The van der Waals surface area contributed by atoms with Crippen LogP contribution < -0.4 is 10.6 Å². The second-order valence-corrected chi connectivity index (χ2v) is 4.87. The van der Waals surface area contributed by atoms with Gasteiger partial charge in [-0.1, -0.05) is 6.07 Å². The molecule has 0 aromatic heterocycles. The second kappa shape index (κ2) is 5.33. The van der Waals surface area contributed by atoms with Crippen LogP contribution in [0.5, 0.6) is 0 Å². The fraction of sp³-hybridized carbons (Fsp3) is 0.188. The molecule has 2 aromatic carbocycles. The fourth-order valence-electron chi connectivity index (χ4n) is 2.39. The van der Waals surface area contributed by atoms with Gasteiger partial charge in [0, 0.05) is 23.5 Å². The Labute approximate surface area is 116 Å². The molecule has 0 fully saturated rings. The van der Waals surface area contributed by atoms with Crippen molar-refractivity contribution in [3.05, 3.63) is 59.4 Å². The Morgan fingerprint density at radius 2 is 2.10 bits per heavy atom. The number of fused-ring (bicyclic) bond motifs is 1. The molecule has 0 radical (unpaired) electrons. The minimum atomic E-state index is -0.363. The lowest BCUT2D eigenvalue weighted by atomic mass is 10.0. The topological polar surface area (TPSA) is 41.1 Å². The normalized spacial score (nSPS) is 13.2. The lowest BCUT2D eigenvalue weighted by molar-refractivity contribution is 0.102. The molecule has 20 heavy (non-hydrogen) atoms. The standard InChI is InChI=1S/C16H15FN2O/c17-13-4-1-5-14(10-13)19-16(20)12-6-7-15-11(9-12)3-2-8-18-15/h1,4-7,9-10,18H,2-3,8H2,(H,19,20). The van der Waals surface area contributed by atoms with E-state index in [1.54, 1.807) is 18.2 Å². The highest BCUT2D eigenvalue weighted by Gasteiger charge is 2.12. The van der Waals surface area contributed by atoms with Crippen LogP contribution in [0.2, 0.25) is 0 Å². The van der Waals surface area contributed by atoms with E-state index in [0.717, 1.165) is 30.6 Å². The van der Waals surface area contributed by atoms with Crippen LogP contribution in [0.25, 0.3) is 0 Å². The van der Waals surface area contributed by atoms with Crippen LogP contribution in [-0.2, 0) is 6.42 Å². The Kier molecular flexibility index (Phi) is 3.37. The van der Waals surface area contributed by atoms with Gasteiger partial charge in [0.2, 0.25) is 0 Å². The van der Waals surface area contributed by atoms with Crippen LogP contribution in [0.3, 0.4) is 0 Å². The van der Waals surface area contributed by atoms with Crippen LogP contribution >= 0.6 is 0 Å². The van der Waals surface area contributed by atoms with Crippen LogP contribution in [0.4, 0.5) is 15.8 Å². The summed E-state index contributed by atoms with van der Waals surface area (Å²) in [7, 11) is 0. The number of carbonyl (C=O) groups is 1. The summed E-state index contributed by atoms with van der Waals surface area (Å²) < 4.78 is 13.1. The molecule has 1 aliphatic rings. The number of hydrogen-bond acceptors (Lipinski definition) is 2. The molecule has 1 heterocycles. The maximum absolute atomic E-state index is 13.1. The van der Waals surface area contributed by atoms with Gasteiger partial charge in [0.05, 0.1) is 0 Å². The van der Waals surface area contributed by atoms with Crippen LogP contribution in [0.15, 0.2) is 42.5 Å². The quantitative estimate of drug-likeness (QED) is 0.877. The first-order valence-electron chi connectivity index (χ1n) is 6.66. The molecule has 0 saturated heterocycles. The average Bonchev–Trinajstić information content (AvgIpc) is 2.47. The Balaban J connectivity index is 1.80. The maximum atomic E-state index is 13.1. The Hall–Kier alpha value is -2.36. The number of amides is 1. The summed E-state index contributed by atoms with van der Waals surface area (Å²) >= 11 is 0. The first kappa shape index (κ1) is 12.7. The number of carbonyl (C=O) groups excluding carboxylic acids is 1. The molecule has 3 nitrogen and oxygen atoms in total. The summed E-state index contributed by atoms with van der Waals surface area (Å²) in [4.78, 5) is 12.2. The van der Waals surface area contributed by atoms with E-state index in [4.69, 9.17) is 0 Å². The molecule has 102 valence electrons. The van der Waals surface area contributed by atoms with Gasteiger partial charge >= 0.3 is 0 Å². The number of nitrogens with one attached hydrogen (secondary N) is 2. The van der Waals surface area contributed by atoms with Gasteiger partial charge in [-0.2, -0.15) is 0 Å². The number of aryl methyl sites for hydroxylation is 1. The van der Waals surface area contributed by atoms with Crippen LogP contribution in [-0.4, -0.2) is 12.5 Å². The molecule has 3 rings (SSSR count).